The molecular weight excluding hydrogens is 405 g/mol. The number of benzene rings is 1. The molecule has 0 bridgehead atoms. The van der Waals surface area contributed by atoms with Gasteiger partial charge in [0.2, 0.25) is 6.79 Å². The van der Waals surface area contributed by atoms with Crippen LogP contribution in [0.15, 0.2) is 23.2 Å². The molecule has 5 nitrogen and oxygen atoms in total. The molecule has 0 radical (unpaired) electrons. The Morgan fingerprint density at radius 3 is 2.74 bits per heavy atom. The number of nitrogens with zero attached hydrogens (tertiary/aromatic N) is 2. The van der Waals surface area contributed by atoms with E-state index in [2.05, 4.69) is 30.1 Å². The summed E-state index contributed by atoms with van der Waals surface area (Å²) in [5.41, 5.74) is 1.14. The Morgan fingerprint density at radius 2 is 2.00 bits per heavy atom. The van der Waals surface area contributed by atoms with Crippen molar-refractivity contribution in [2.24, 2.45) is 10.9 Å². The fourth-order valence-electron chi connectivity index (χ4n) is 2.85. The van der Waals surface area contributed by atoms with E-state index >= 15 is 0 Å². The van der Waals surface area contributed by atoms with Gasteiger partial charge in [0.25, 0.3) is 0 Å². The van der Waals surface area contributed by atoms with E-state index in [9.17, 15) is 0 Å². The molecular formula is C17H26IN3O2. The lowest BCUT2D eigenvalue weighted by Crippen LogP contribution is -2.45. The van der Waals surface area contributed by atoms with Gasteiger partial charge >= 0.3 is 0 Å². The number of piperidine rings is 1. The van der Waals surface area contributed by atoms with Crippen LogP contribution >= 0.6 is 24.0 Å². The molecule has 23 heavy (non-hydrogen) atoms. The van der Waals surface area contributed by atoms with Crippen LogP contribution in [0, 0.1) is 5.92 Å². The quantitative estimate of drug-likeness (QED) is 0.454. The molecule has 0 saturated carbocycles. The fourth-order valence-corrected chi connectivity index (χ4v) is 2.85. The van der Waals surface area contributed by atoms with Crippen LogP contribution in [-0.2, 0) is 6.54 Å². The van der Waals surface area contributed by atoms with Crippen LogP contribution in [0.5, 0.6) is 11.5 Å². The molecule has 2 heterocycles. The van der Waals surface area contributed by atoms with Crippen LogP contribution in [0.3, 0.4) is 0 Å². The second kappa shape index (κ2) is 8.61. The number of aliphatic imine (C=N–C) groups is 1. The number of fused-ring (bicyclic) bond motifs is 1. The molecule has 0 spiro atoms. The van der Waals surface area contributed by atoms with Gasteiger partial charge in [0, 0.05) is 19.6 Å². The van der Waals surface area contributed by atoms with Gasteiger partial charge in [-0.05, 0) is 43.4 Å². The van der Waals surface area contributed by atoms with Crippen molar-refractivity contribution in [2.45, 2.75) is 33.2 Å². The molecule has 1 N–H and O–H groups in total. The van der Waals surface area contributed by atoms with Gasteiger partial charge in [-0.25, -0.2) is 4.99 Å². The lowest BCUT2D eigenvalue weighted by molar-refractivity contribution is 0.174. The monoisotopic (exact) mass is 431 g/mol. The summed E-state index contributed by atoms with van der Waals surface area (Å²) in [5, 5.41) is 3.41. The van der Waals surface area contributed by atoms with Crippen molar-refractivity contribution in [3.05, 3.63) is 23.8 Å². The molecule has 0 atom stereocenters. The lowest BCUT2D eigenvalue weighted by atomic mass is 10.00. The van der Waals surface area contributed by atoms with Crippen molar-refractivity contribution < 1.29 is 9.47 Å². The Balaban J connectivity index is 0.00000192. The summed E-state index contributed by atoms with van der Waals surface area (Å²) in [4.78, 5) is 7.16. The first-order valence-electron chi connectivity index (χ1n) is 8.18. The molecule has 0 aromatic heterocycles. The van der Waals surface area contributed by atoms with Crippen LogP contribution in [0.25, 0.3) is 0 Å². The van der Waals surface area contributed by atoms with Gasteiger partial charge in [-0.15, -0.1) is 24.0 Å². The van der Waals surface area contributed by atoms with Gasteiger partial charge in [0.15, 0.2) is 17.5 Å². The molecule has 0 unspecified atom stereocenters. The van der Waals surface area contributed by atoms with Gasteiger partial charge in [0.1, 0.15) is 0 Å². The Hall–Kier alpha value is -1.18. The van der Waals surface area contributed by atoms with Crippen LogP contribution < -0.4 is 14.8 Å². The second-order valence-electron chi connectivity index (χ2n) is 6.03. The Kier molecular flexibility index (Phi) is 6.80. The highest BCUT2D eigenvalue weighted by Crippen LogP contribution is 2.32. The smallest absolute Gasteiger partial charge is 0.231 e. The highest BCUT2D eigenvalue weighted by Gasteiger charge is 2.18. The predicted octanol–water partition coefficient (Wildman–Crippen LogP) is 3.23. The van der Waals surface area contributed by atoms with Crippen molar-refractivity contribution in [1.82, 2.24) is 10.2 Å². The van der Waals surface area contributed by atoms with E-state index in [0.29, 0.717) is 13.3 Å². The number of guanidine groups is 1. The van der Waals surface area contributed by atoms with Crippen LogP contribution in [-0.4, -0.2) is 37.3 Å². The summed E-state index contributed by atoms with van der Waals surface area (Å²) >= 11 is 0. The average molecular weight is 431 g/mol. The first kappa shape index (κ1) is 18.2. The minimum Gasteiger partial charge on any atom is -0.454 e. The van der Waals surface area contributed by atoms with Crippen molar-refractivity contribution in [3.8, 4) is 11.5 Å². The predicted molar refractivity (Wildman–Crippen MR) is 103 cm³/mol. The van der Waals surface area contributed by atoms with Gasteiger partial charge in [0.05, 0.1) is 6.54 Å². The minimum atomic E-state index is 0. The number of hydrogen-bond acceptors (Lipinski definition) is 3. The second-order valence-corrected chi connectivity index (χ2v) is 6.03. The van der Waals surface area contributed by atoms with E-state index < -0.39 is 0 Å². The zero-order valence-electron chi connectivity index (χ0n) is 13.9. The van der Waals surface area contributed by atoms with E-state index in [1.807, 2.05) is 12.1 Å². The summed E-state index contributed by atoms with van der Waals surface area (Å²) in [6.07, 6.45) is 2.49. The Morgan fingerprint density at radius 1 is 1.26 bits per heavy atom. The SMILES string of the molecule is CCNC(=NCc1ccc2c(c1)OCO2)N1CCC(C)CC1.I. The maximum Gasteiger partial charge on any atom is 0.231 e. The molecule has 1 fully saturated rings. The van der Waals surface area contributed by atoms with E-state index in [-0.39, 0.29) is 24.0 Å². The zero-order valence-corrected chi connectivity index (χ0v) is 16.2. The molecule has 2 aliphatic heterocycles. The van der Waals surface area contributed by atoms with Gasteiger partial charge < -0.3 is 19.7 Å². The third kappa shape index (κ3) is 4.65. The summed E-state index contributed by atoms with van der Waals surface area (Å²) in [5.74, 6) is 3.49. The minimum absolute atomic E-state index is 0. The number of rotatable bonds is 3. The standard InChI is InChI=1S/C17H25N3O2.HI/c1-3-18-17(20-8-6-13(2)7-9-20)19-11-14-4-5-15-16(10-14)22-12-21-15;/h4-5,10,13H,3,6-9,11-12H2,1-2H3,(H,18,19);1H. The highest BCUT2D eigenvalue weighted by molar-refractivity contribution is 14.0. The van der Waals surface area contributed by atoms with Crippen molar-refractivity contribution in [1.29, 1.82) is 0 Å². The Bertz CT molecular complexity index is 543. The maximum atomic E-state index is 5.42. The molecule has 3 rings (SSSR count). The number of halogens is 1. The van der Waals surface area contributed by atoms with Gasteiger partial charge in [-0.2, -0.15) is 0 Å². The highest BCUT2D eigenvalue weighted by atomic mass is 127. The molecule has 0 amide bonds. The summed E-state index contributed by atoms with van der Waals surface area (Å²) in [6.45, 7) is 8.49. The van der Waals surface area contributed by atoms with Gasteiger partial charge in [-0.3, -0.25) is 0 Å². The third-order valence-electron chi connectivity index (χ3n) is 4.27. The van der Waals surface area contributed by atoms with Crippen molar-refractivity contribution >= 4 is 29.9 Å². The van der Waals surface area contributed by atoms with Gasteiger partial charge in [-0.1, -0.05) is 13.0 Å². The summed E-state index contributed by atoms with van der Waals surface area (Å²) in [7, 11) is 0. The van der Waals surface area contributed by atoms with Crippen molar-refractivity contribution in [3.63, 3.8) is 0 Å². The van der Waals surface area contributed by atoms with E-state index in [1.165, 1.54) is 12.8 Å². The number of likely N-dealkylation sites (tertiary alicyclic amines) is 1. The molecule has 6 heteroatoms. The number of ether oxygens (including phenoxy) is 2. The van der Waals surface area contributed by atoms with E-state index in [1.54, 1.807) is 0 Å². The lowest BCUT2D eigenvalue weighted by Gasteiger charge is -2.33. The first-order chi connectivity index (χ1) is 10.8. The molecule has 2 aliphatic rings. The van der Waals surface area contributed by atoms with E-state index in [4.69, 9.17) is 14.5 Å². The summed E-state index contributed by atoms with van der Waals surface area (Å²) < 4.78 is 10.8. The largest absolute Gasteiger partial charge is 0.454 e. The Labute approximate surface area is 155 Å². The van der Waals surface area contributed by atoms with Crippen LogP contribution in [0.1, 0.15) is 32.3 Å². The molecule has 1 saturated heterocycles. The first-order valence-corrected chi connectivity index (χ1v) is 8.18. The van der Waals surface area contributed by atoms with Crippen LogP contribution in [0.4, 0.5) is 0 Å². The van der Waals surface area contributed by atoms with Crippen LogP contribution in [0.2, 0.25) is 0 Å². The molecule has 0 aliphatic carbocycles. The third-order valence-corrected chi connectivity index (χ3v) is 4.27. The fraction of sp³-hybridized carbons (Fsp3) is 0.588. The van der Waals surface area contributed by atoms with Crippen molar-refractivity contribution in [2.75, 3.05) is 26.4 Å². The maximum absolute atomic E-state index is 5.42. The normalized spacial score (nSPS) is 17.8. The molecule has 1 aromatic carbocycles. The molecule has 128 valence electrons. The zero-order chi connectivity index (χ0) is 15.4. The van der Waals surface area contributed by atoms with E-state index in [0.717, 1.165) is 48.6 Å². The molecule has 1 aromatic rings. The topological polar surface area (TPSA) is 46.1 Å². The number of nitrogens with one attached hydrogen (secondary N) is 1. The average Bonchev–Trinajstić information content (AvgIpc) is 3.00. The summed E-state index contributed by atoms with van der Waals surface area (Å²) in [6, 6.07) is 6.04. The number of hydrogen-bond donors (Lipinski definition) is 1.